The maximum absolute atomic E-state index is 12.9. The van der Waals surface area contributed by atoms with Crippen LogP contribution in [-0.4, -0.2) is 25.7 Å². The van der Waals surface area contributed by atoms with Gasteiger partial charge in [0.25, 0.3) is 0 Å². The van der Waals surface area contributed by atoms with Gasteiger partial charge < -0.3 is 0 Å². The lowest BCUT2D eigenvalue weighted by molar-refractivity contribution is -0.117. The largest absolute Gasteiger partial charge is 0.298 e. The predicted molar refractivity (Wildman–Crippen MR) is 64.4 cm³/mol. The van der Waals surface area contributed by atoms with Gasteiger partial charge in [-0.2, -0.15) is 0 Å². The predicted octanol–water partition coefficient (Wildman–Crippen LogP) is 2.02. The van der Waals surface area contributed by atoms with Crippen molar-refractivity contribution in [3.63, 3.8) is 0 Å². The highest BCUT2D eigenvalue weighted by molar-refractivity contribution is 7.92. The van der Waals surface area contributed by atoms with Crippen LogP contribution in [0.25, 0.3) is 0 Å². The van der Waals surface area contributed by atoms with Crippen LogP contribution in [0.15, 0.2) is 18.2 Å². The van der Waals surface area contributed by atoms with Gasteiger partial charge in [0.15, 0.2) is 15.6 Å². The van der Waals surface area contributed by atoms with E-state index in [2.05, 4.69) is 0 Å². The quantitative estimate of drug-likeness (QED) is 0.847. The fourth-order valence-electron chi connectivity index (χ4n) is 1.25. The molecule has 0 aliphatic carbocycles. The highest BCUT2D eigenvalue weighted by Gasteiger charge is 2.24. The number of hydrogen-bond donors (Lipinski definition) is 0. The number of rotatable bonds is 4. The standard InChI is InChI=1S/C11H12ClFO3S/c1-7(17(2,15)16)11(14)6-8-5-9(13)3-4-10(8)12/h3-5,7H,6H2,1-2H3. The van der Waals surface area contributed by atoms with E-state index in [0.29, 0.717) is 5.56 Å². The van der Waals surface area contributed by atoms with Crippen LogP contribution in [0.2, 0.25) is 5.02 Å². The van der Waals surface area contributed by atoms with E-state index in [1.807, 2.05) is 0 Å². The summed E-state index contributed by atoms with van der Waals surface area (Å²) in [4.78, 5) is 11.7. The summed E-state index contributed by atoms with van der Waals surface area (Å²) < 4.78 is 35.3. The van der Waals surface area contributed by atoms with Gasteiger partial charge in [0.1, 0.15) is 11.1 Å². The van der Waals surface area contributed by atoms with Crippen molar-refractivity contribution in [2.24, 2.45) is 0 Å². The molecule has 1 aromatic carbocycles. The Morgan fingerprint density at radius 3 is 2.59 bits per heavy atom. The van der Waals surface area contributed by atoms with E-state index in [0.717, 1.165) is 12.3 Å². The summed E-state index contributed by atoms with van der Waals surface area (Å²) in [5, 5.41) is -0.859. The van der Waals surface area contributed by atoms with Gasteiger partial charge in [0.2, 0.25) is 0 Å². The zero-order valence-corrected chi connectivity index (χ0v) is 11.0. The number of halogens is 2. The smallest absolute Gasteiger partial charge is 0.157 e. The van der Waals surface area contributed by atoms with Crippen molar-refractivity contribution in [3.05, 3.63) is 34.6 Å². The molecular formula is C11H12ClFO3S. The van der Waals surface area contributed by atoms with Crippen molar-refractivity contribution >= 4 is 27.2 Å². The molecule has 0 saturated carbocycles. The van der Waals surface area contributed by atoms with Crippen LogP contribution in [0.5, 0.6) is 0 Å². The topological polar surface area (TPSA) is 51.2 Å². The molecule has 1 unspecified atom stereocenters. The Morgan fingerprint density at radius 2 is 2.06 bits per heavy atom. The average Bonchev–Trinajstić information content (AvgIpc) is 2.21. The number of carbonyl (C=O) groups is 1. The summed E-state index contributed by atoms with van der Waals surface area (Å²) in [6, 6.07) is 3.65. The summed E-state index contributed by atoms with van der Waals surface area (Å²) in [6.45, 7) is 1.31. The number of sulfone groups is 1. The van der Waals surface area contributed by atoms with Gasteiger partial charge in [0, 0.05) is 17.7 Å². The van der Waals surface area contributed by atoms with Crippen molar-refractivity contribution < 1.29 is 17.6 Å². The third-order valence-electron chi connectivity index (χ3n) is 2.47. The van der Waals surface area contributed by atoms with Gasteiger partial charge in [-0.15, -0.1) is 0 Å². The minimum absolute atomic E-state index is 0.190. The van der Waals surface area contributed by atoms with E-state index >= 15 is 0 Å². The van der Waals surface area contributed by atoms with Crippen molar-refractivity contribution in [3.8, 4) is 0 Å². The normalized spacial score (nSPS) is 13.4. The highest BCUT2D eigenvalue weighted by Crippen LogP contribution is 2.19. The Kier molecular flexibility index (Phi) is 4.27. The number of Topliss-reactive ketones (excluding diaryl/α,β-unsaturated/α-hetero) is 1. The second-order valence-electron chi connectivity index (χ2n) is 3.85. The van der Waals surface area contributed by atoms with Crippen LogP contribution in [0.3, 0.4) is 0 Å². The monoisotopic (exact) mass is 278 g/mol. The summed E-state index contributed by atoms with van der Waals surface area (Å²) >= 11 is 5.79. The second kappa shape index (κ2) is 5.14. The van der Waals surface area contributed by atoms with Gasteiger partial charge in [-0.3, -0.25) is 4.79 Å². The Labute approximate surface area is 105 Å². The first-order valence-electron chi connectivity index (χ1n) is 4.87. The zero-order valence-electron chi connectivity index (χ0n) is 9.41. The Bertz CT molecular complexity index is 540. The van der Waals surface area contributed by atoms with E-state index in [9.17, 15) is 17.6 Å². The molecule has 1 aromatic rings. The molecule has 0 aliphatic rings. The molecule has 6 heteroatoms. The summed E-state index contributed by atoms with van der Waals surface area (Å²) in [7, 11) is -3.43. The molecule has 0 heterocycles. The summed E-state index contributed by atoms with van der Waals surface area (Å²) in [5.41, 5.74) is 0.298. The number of benzene rings is 1. The van der Waals surface area contributed by atoms with E-state index in [1.54, 1.807) is 0 Å². The SMILES string of the molecule is CC(C(=O)Cc1cc(F)ccc1Cl)S(C)(=O)=O. The van der Waals surface area contributed by atoms with E-state index < -0.39 is 26.7 Å². The molecule has 17 heavy (non-hydrogen) atoms. The fraction of sp³-hybridized carbons (Fsp3) is 0.364. The van der Waals surface area contributed by atoms with Crippen LogP contribution in [-0.2, 0) is 21.1 Å². The number of ketones is 1. The van der Waals surface area contributed by atoms with Gasteiger partial charge in [-0.05, 0) is 30.7 Å². The van der Waals surface area contributed by atoms with Gasteiger partial charge in [-0.1, -0.05) is 11.6 Å². The molecular weight excluding hydrogens is 267 g/mol. The third-order valence-corrected chi connectivity index (χ3v) is 4.38. The first-order valence-corrected chi connectivity index (χ1v) is 7.20. The van der Waals surface area contributed by atoms with Crippen LogP contribution in [0.4, 0.5) is 4.39 Å². The first-order chi connectivity index (χ1) is 7.71. The number of hydrogen-bond acceptors (Lipinski definition) is 3. The molecule has 0 N–H and O–H groups in total. The lowest BCUT2D eigenvalue weighted by atomic mass is 10.1. The van der Waals surface area contributed by atoms with Crippen molar-refractivity contribution in [2.45, 2.75) is 18.6 Å². The van der Waals surface area contributed by atoms with Crippen LogP contribution in [0.1, 0.15) is 12.5 Å². The molecule has 0 amide bonds. The Balaban J connectivity index is 2.92. The lowest BCUT2D eigenvalue weighted by Gasteiger charge is -2.09. The van der Waals surface area contributed by atoms with Crippen LogP contribution < -0.4 is 0 Å². The van der Waals surface area contributed by atoms with E-state index in [-0.39, 0.29) is 11.4 Å². The van der Waals surface area contributed by atoms with Crippen molar-refractivity contribution in [1.29, 1.82) is 0 Å². The minimum Gasteiger partial charge on any atom is -0.298 e. The molecule has 0 radical (unpaired) electrons. The molecule has 1 atom stereocenters. The Morgan fingerprint density at radius 1 is 1.47 bits per heavy atom. The molecule has 1 rings (SSSR count). The fourth-order valence-corrected chi connectivity index (χ4v) is 1.99. The van der Waals surface area contributed by atoms with E-state index in [1.165, 1.54) is 19.1 Å². The maximum Gasteiger partial charge on any atom is 0.157 e. The number of carbonyl (C=O) groups excluding carboxylic acids is 1. The molecule has 0 spiro atoms. The Hall–Kier alpha value is -0.940. The van der Waals surface area contributed by atoms with Crippen LogP contribution >= 0.6 is 11.6 Å². The van der Waals surface area contributed by atoms with Gasteiger partial charge in [-0.25, -0.2) is 12.8 Å². The van der Waals surface area contributed by atoms with Crippen molar-refractivity contribution in [2.75, 3.05) is 6.26 Å². The molecule has 0 fully saturated rings. The third kappa shape index (κ3) is 3.78. The zero-order chi connectivity index (χ0) is 13.2. The maximum atomic E-state index is 12.9. The molecule has 3 nitrogen and oxygen atoms in total. The molecule has 94 valence electrons. The van der Waals surface area contributed by atoms with Gasteiger partial charge >= 0.3 is 0 Å². The van der Waals surface area contributed by atoms with Crippen molar-refractivity contribution in [1.82, 2.24) is 0 Å². The summed E-state index contributed by atoms with van der Waals surface area (Å²) in [5.74, 6) is -1.01. The molecule has 0 aliphatic heterocycles. The summed E-state index contributed by atoms with van der Waals surface area (Å²) in [6.07, 6.45) is 0.799. The lowest BCUT2D eigenvalue weighted by Crippen LogP contribution is -2.27. The van der Waals surface area contributed by atoms with E-state index in [4.69, 9.17) is 11.6 Å². The minimum atomic E-state index is -3.43. The first kappa shape index (κ1) is 14.1. The van der Waals surface area contributed by atoms with Gasteiger partial charge in [0.05, 0.1) is 0 Å². The molecule has 0 saturated heterocycles. The molecule has 0 aromatic heterocycles. The average molecular weight is 279 g/mol. The highest BCUT2D eigenvalue weighted by atomic mass is 35.5. The van der Waals surface area contributed by atoms with Crippen LogP contribution in [0, 0.1) is 5.82 Å². The molecule has 0 bridgehead atoms. The second-order valence-corrected chi connectivity index (χ2v) is 6.62.